The summed E-state index contributed by atoms with van der Waals surface area (Å²) < 4.78 is 11.4. The lowest BCUT2D eigenvalue weighted by atomic mass is 10.1. The highest BCUT2D eigenvalue weighted by atomic mass is 16.5. The predicted octanol–water partition coefficient (Wildman–Crippen LogP) is 2.67. The molecule has 0 bridgehead atoms. The van der Waals surface area contributed by atoms with Gasteiger partial charge in [0.05, 0.1) is 7.11 Å². The van der Waals surface area contributed by atoms with Gasteiger partial charge in [-0.2, -0.15) is 0 Å². The highest BCUT2D eigenvalue weighted by molar-refractivity contribution is 5.43. The van der Waals surface area contributed by atoms with Gasteiger partial charge in [0.25, 0.3) is 0 Å². The van der Waals surface area contributed by atoms with Crippen LogP contribution in [0.1, 0.15) is 23.6 Å². The minimum absolute atomic E-state index is 0.259. The van der Waals surface area contributed by atoms with Crippen LogP contribution in [-0.2, 0) is 13.1 Å². The predicted molar refractivity (Wildman–Crippen MR) is 125 cm³/mol. The minimum Gasteiger partial charge on any atom is -0.493 e. The fraction of sp³-hybridized carbons (Fsp3) is 0.520. The summed E-state index contributed by atoms with van der Waals surface area (Å²) >= 11 is 0. The largest absolute Gasteiger partial charge is 0.493 e. The van der Waals surface area contributed by atoms with Gasteiger partial charge in [-0.25, -0.2) is 0 Å². The molecule has 0 saturated carbocycles. The Kier molecular flexibility index (Phi) is 9.15. The summed E-state index contributed by atoms with van der Waals surface area (Å²) in [4.78, 5) is 4.74. The molecule has 0 amide bonds. The molecular formula is C25H37N3O3. The number of β-amino-alcohol motifs (C(OH)–C–C–N with tert-alkyl or cyclic N) is 1. The van der Waals surface area contributed by atoms with Crippen molar-refractivity contribution in [1.29, 1.82) is 0 Å². The van der Waals surface area contributed by atoms with Gasteiger partial charge in [0, 0.05) is 45.8 Å². The lowest BCUT2D eigenvalue weighted by Gasteiger charge is -2.34. The van der Waals surface area contributed by atoms with Gasteiger partial charge in [0.2, 0.25) is 0 Å². The first-order valence-electron chi connectivity index (χ1n) is 11.3. The maximum absolute atomic E-state index is 10.4. The van der Waals surface area contributed by atoms with Gasteiger partial charge in [-0.1, -0.05) is 37.3 Å². The van der Waals surface area contributed by atoms with Crippen LogP contribution in [0, 0.1) is 6.92 Å². The topological polar surface area (TPSA) is 57.2 Å². The first-order valence-corrected chi connectivity index (χ1v) is 11.3. The summed E-state index contributed by atoms with van der Waals surface area (Å²) in [5.41, 5.74) is 3.73. The number of aliphatic hydroxyl groups excluding tert-OH is 1. The highest BCUT2D eigenvalue weighted by Gasteiger charge is 2.19. The molecule has 0 aromatic heterocycles. The molecule has 1 fully saturated rings. The summed E-state index contributed by atoms with van der Waals surface area (Å²) in [5.74, 6) is 1.36. The molecule has 31 heavy (non-hydrogen) atoms. The third-order valence-corrected chi connectivity index (χ3v) is 5.95. The molecule has 170 valence electrons. The van der Waals surface area contributed by atoms with E-state index in [9.17, 15) is 5.11 Å². The van der Waals surface area contributed by atoms with Gasteiger partial charge < -0.3 is 24.8 Å². The Labute approximate surface area is 186 Å². The Hall–Kier alpha value is -2.12. The van der Waals surface area contributed by atoms with Crippen molar-refractivity contribution in [1.82, 2.24) is 15.1 Å². The number of rotatable bonds is 11. The molecule has 2 aromatic carbocycles. The molecule has 1 aliphatic rings. The number of piperazine rings is 1. The zero-order chi connectivity index (χ0) is 22.1. The molecule has 1 atom stereocenters. The van der Waals surface area contributed by atoms with Crippen LogP contribution < -0.4 is 14.8 Å². The number of nitrogens with one attached hydrogen (secondary N) is 1. The minimum atomic E-state index is -0.520. The van der Waals surface area contributed by atoms with Crippen molar-refractivity contribution >= 4 is 0 Å². The average molecular weight is 428 g/mol. The fourth-order valence-electron chi connectivity index (χ4n) is 3.92. The summed E-state index contributed by atoms with van der Waals surface area (Å²) in [6.45, 7) is 12.0. The zero-order valence-electron chi connectivity index (χ0n) is 19.1. The Morgan fingerprint density at radius 2 is 1.74 bits per heavy atom. The van der Waals surface area contributed by atoms with Crippen LogP contribution in [0.15, 0.2) is 42.5 Å². The van der Waals surface area contributed by atoms with Gasteiger partial charge >= 0.3 is 0 Å². The van der Waals surface area contributed by atoms with E-state index >= 15 is 0 Å². The molecule has 0 radical (unpaired) electrons. The van der Waals surface area contributed by atoms with Crippen molar-refractivity contribution in [2.24, 2.45) is 0 Å². The maximum Gasteiger partial charge on any atom is 0.161 e. The van der Waals surface area contributed by atoms with Crippen molar-refractivity contribution in [2.45, 2.75) is 33.0 Å². The van der Waals surface area contributed by atoms with Gasteiger partial charge in [0.15, 0.2) is 11.5 Å². The zero-order valence-corrected chi connectivity index (χ0v) is 19.1. The lowest BCUT2D eigenvalue weighted by Crippen LogP contribution is -2.49. The number of likely N-dealkylation sites (N-methyl/N-ethyl adjacent to an activating group) is 1. The number of benzene rings is 2. The van der Waals surface area contributed by atoms with E-state index in [1.807, 2.05) is 18.2 Å². The highest BCUT2D eigenvalue weighted by Crippen LogP contribution is 2.28. The third kappa shape index (κ3) is 7.21. The summed E-state index contributed by atoms with van der Waals surface area (Å²) in [7, 11) is 1.65. The van der Waals surface area contributed by atoms with E-state index in [0.29, 0.717) is 18.0 Å². The Morgan fingerprint density at radius 3 is 2.45 bits per heavy atom. The molecule has 2 aromatic rings. The van der Waals surface area contributed by atoms with Crippen LogP contribution in [0.2, 0.25) is 0 Å². The van der Waals surface area contributed by atoms with Crippen LogP contribution in [0.25, 0.3) is 0 Å². The second kappa shape index (κ2) is 12.1. The number of hydrogen-bond acceptors (Lipinski definition) is 6. The second-order valence-corrected chi connectivity index (χ2v) is 8.21. The number of ether oxygens (including phenoxy) is 2. The van der Waals surface area contributed by atoms with Gasteiger partial charge in [-0.15, -0.1) is 0 Å². The average Bonchev–Trinajstić information content (AvgIpc) is 2.79. The second-order valence-electron chi connectivity index (χ2n) is 8.21. The Balaban J connectivity index is 1.45. The van der Waals surface area contributed by atoms with Gasteiger partial charge in [0.1, 0.15) is 12.7 Å². The fourth-order valence-corrected chi connectivity index (χ4v) is 3.92. The van der Waals surface area contributed by atoms with E-state index < -0.39 is 6.10 Å². The molecular weight excluding hydrogens is 390 g/mol. The molecule has 2 N–H and O–H groups in total. The smallest absolute Gasteiger partial charge is 0.161 e. The summed E-state index contributed by atoms with van der Waals surface area (Å²) in [6.07, 6.45) is -0.520. The lowest BCUT2D eigenvalue weighted by molar-refractivity contribution is 0.0464. The first-order chi connectivity index (χ1) is 15.1. The van der Waals surface area contributed by atoms with Crippen LogP contribution >= 0.6 is 0 Å². The molecule has 6 nitrogen and oxygen atoms in total. The van der Waals surface area contributed by atoms with E-state index in [1.54, 1.807) is 7.11 Å². The van der Waals surface area contributed by atoms with Gasteiger partial charge in [-0.3, -0.25) is 4.90 Å². The number of methoxy groups -OCH3 is 1. The Morgan fingerprint density at radius 1 is 1.00 bits per heavy atom. The van der Waals surface area contributed by atoms with Crippen LogP contribution in [0.5, 0.6) is 11.5 Å². The monoisotopic (exact) mass is 427 g/mol. The molecule has 0 spiro atoms. The normalized spacial score (nSPS) is 16.3. The molecule has 1 heterocycles. The number of aliphatic hydroxyl groups is 1. The number of hydrogen-bond donors (Lipinski definition) is 2. The van der Waals surface area contributed by atoms with E-state index in [-0.39, 0.29) is 6.61 Å². The molecule has 1 unspecified atom stereocenters. The van der Waals surface area contributed by atoms with Crippen molar-refractivity contribution in [3.8, 4) is 11.5 Å². The molecule has 6 heteroatoms. The SMILES string of the molecule is CCN1CCN(CC(O)COc2ccc(CNCc3ccccc3C)cc2OC)CC1. The third-order valence-electron chi connectivity index (χ3n) is 5.95. The number of nitrogens with zero attached hydrogens (tertiary/aromatic N) is 2. The van der Waals surface area contributed by atoms with Crippen LogP contribution in [0.3, 0.4) is 0 Å². The van der Waals surface area contributed by atoms with Crippen molar-refractivity contribution in [3.05, 3.63) is 59.2 Å². The number of aryl methyl sites for hydroxylation is 1. The molecule has 1 aliphatic heterocycles. The van der Waals surface area contributed by atoms with Crippen molar-refractivity contribution < 1.29 is 14.6 Å². The summed E-state index contributed by atoms with van der Waals surface area (Å²) in [5, 5.41) is 13.9. The Bertz CT molecular complexity index is 806. The van der Waals surface area contributed by atoms with Crippen LogP contribution in [0.4, 0.5) is 0 Å². The van der Waals surface area contributed by atoms with E-state index in [1.165, 1.54) is 11.1 Å². The molecule has 3 rings (SSSR count). The van der Waals surface area contributed by atoms with E-state index in [4.69, 9.17) is 9.47 Å². The first kappa shape index (κ1) is 23.5. The molecule has 1 saturated heterocycles. The van der Waals surface area contributed by atoms with Crippen molar-refractivity contribution in [3.63, 3.8) is 0 Å². The van der Waals surface area contributed by atoms with Gasteiger partial charge in [-0.05, 0) is 42.3 Å². The quantitative estimate of drug-likeness (QED) is 0.575. The maximum atomic E-state index is 10.4. The van der Waals surface area contributed by atoms with E-state index in [2.05, 4.69) is 53.2 Å². The van der Waals surface area contributed by atoms with Crippen LogP contribution in [-0.4, -0.2) is 74.0 Å². The molecule has 0 aliphatic carbocycles. The van der Waals surface area contributed by atoms with Crippen molar-refractivity contribution in [2.75, 3.05) is 53.0 Å². The standard InChI is InChI=1S/C25H37N3O3/c1-4-27-11-13-28(14-12-27)18-23(29)19-31-24-10-9-21(15-25(24)30-3)16-26-17-22-8-6-5-7-20(22)2/h5-10,15,23,26,29H,4,11-14,16-19H2,1-3H3. The van der Waals surface area contributed by atoms with E-state index in [0.717, 1.165) is 51.4 Å². The summed E-state index contributed by atoms with van der Waals surface area (Å²) in [6, 6.07) is 14.4.